The first-order valence-electron chi connectivity index (χ1n) is 5.80. The zero-order valence-electron chi connectivity index (χ0n) is 9.95. The summed E-state index contributed by atoms with van der Waals surface area (Å²) in [7, 11) is 0. The summed E-state index contributed by atoms with van der Waals surface area (Å²) in [6.45, 7) is 2.70. The molecular formula is C13H12N4O. The van der Waals surface area contributed by atoms with Crippen molar-refractivity contribution in [2.24, 2.45) is 0 Å². The van der Waals surface area contributed by atoms with Gasteiger partial charge < -0.3 is 0 Å². The molecular weight excluding hydrogens is 228 g/mol. The van der Waals surface area contributed by atoms with E-state index in [0.29, 0.717) is 11.0 Å². The van der Waals surface area contributed by atoms with Crippen LogP contribution < -0.4 is 5.56 Å². The fraction of sp³-hybridized carbons (Fsp3) is 0.154. The fourth-order valence-corrected chi connectivity index (χ4v) is 1.88. The van der Waals surface area contributed by atoms with Gasteiger partial charge in [0.05, 0.1) is 11.9 Å². The van der Waals surface area contributed by atoms with Crippen LogP contribution in [0.3, 0.4) is 0 Å². The second-order valence-corrected chi connectivity index (χ2v) is 3.97. The van der Waals surface area contributed by atoms with Crippen molar-refractivity contribution in [2.45, 2.75) is 13.5 Å². The van der Waals surface area contributed by atoms with Crippen molar-refractivity contribution < 1.29 is 0 Å². The van der Waals surface area contributed by atoms with Gasteiger partial charge >= 0.3 is 0 Å². The number of aryl methyl sites for hydroxylation is 1. The summed E-state index contributed by atoms with van der Waals surface area (Å²) in [6, 6.07) is 9.41. The lowest BCUT2D eigenvalue weighted by atomic mass is 10.3. The van der Waals surface area contributed by atoms with Crippen molar-refractivity contribution in [3.8, 4) is 5.69 Å². The predicted octanol–water partition coefficient (Wildman–Crippen LogP) is 1.60. The molecule has 18 heavy (non-hydrogen) atoms. The zero-order valence-corrected chi connectivity index (χ0v) is 9.95. The van der Waals surface area contributed by atoms with E-state index in [2.05, 4.69) is 10.1 Å². The van der Waals surface area contributed by atoms with Crippen molar-refractivity contribution in [1.29, 1.82) is 0 Å². The minimum atomic E-state index is -0.140. The van der Waals surface area contributed by atoms with Crippen molar-refractivity contribution >= 4 is 11.0 Å². The molecule has 0 amide bonds. The van der Waals surface area contributed by atoms with E-state index in [9.17, 15) is 4.79 Å². The average Bonchev–Trinajstić information content (AvgIpc) is 2.84. The van der Waals surface area contributed by atoms with E-state index in [0.717, 1.165) is 12.2 Å². The number of aromatic nitrogens is 4. The minimum Gasteiger partial charge on any atom is -0.270 e. The van der Waals surface area contributed by atoms with Gasteiger partial charge in [0.1, 0.15) is 11.8 Å². The Balaban J connectivity index is 2.27. The number of hydrogen-bond donors (Lipinski definition) is 0. The SMILES string of the molecule is CCn1cc2ncn(-c3ccccc3)c(=O)c2n1. The van der Waals surface area contributed by atoms with Gasteiger partial charge in [-0.15, -0.1) is 0 Å². The third-order valence-corrected chi connectivity index (χ3v) is 2.83. The fourth-order valence-electron chi connectivity index (χ4n) is 1.88. The highest BCUT2D eigenvalue weighted by molar-refractivity contribution is 5.72. The molecule has 0 aliphatic heterocycles. The summed E-state index contributed by atoms with van der Waals surface area (Å²) in [4.78, 5) is 16.6. The van der Waals surface area contributed by atoms with Crippen LogP contribution in [0.4, 0.5) is 0 Å². The maximum Gasteiger partial charge on any atom is 0.286 e. The topological polar surface area (TPSA) is 52.7 Å². The minimum absolute atomic E-state index is 0.140. The van der Waals surface area contributed by atoms with Crippen molar-refractivity contribution in [2.75, 3.05) is 0 Å². The van der Waals surface area contributed by atoms with Crippen LogP contribution in [0.2, 0.25) is 0 Å². The molecule has 0 N–H and O–H groups in total. The van der Waals surface area contributed by atoms with Crippen LogP contribution in [0.5, 0.6) is 0 Å². The van der Waals surface area contributed by atoms with E-state index >= 15 is 0 Å². The third kappa shape index (κ3) is 1.60. The molecule has 0 radical (unpaired) electrons. The van der Waals surface area contributed by atoms with Crippen LogP contribution in [-0.4, -0.2) is 19.3 Å². The van der Waals surface area contributed by atoms with Crippen LogP contribution in [-0.2, 0) is 6.54 Å². The molecule has 0 fully saturated rings. The van der Waals surface area contributed by atoms with Crippen LogP contribution in [0, 0.1) is 0 Å². The van der Waals surface area contributed by atoms with Crippen molar-refractivity contribution in [1.82, 2.24) is 19.3 Å². The normalized spacial score (nSPS) is 10.9. The maximum absolute atomic E-state index is 12.3. The Morgan fingerprint density at radius 2 is 2.00 bits per heavy atom. The van der Waals surface area contributed by atoms with E-state index in [4.69, 9.17) is 0 Å². The summed E-state index contributed by atoms with van der Waals surface area (Å²) >= 11 is 0. The zero-order chi connectivity index (χ0) is 12.5. The van der Waals surface area contributed by atoms with Crippen molar-refractivity contribution in [3.05, 3.63) is 53.2 Å². The Bertz CT molecular complexity index is 743. The molecule has 2 aromatic heterocycles. The average molecular weight is 240 g/mol. The predicted molar refractivity (Wildman–Crippen MR) is 68.8 cm³/mol. The van der Waals surface area contributed by atoms with Crippen LogP contribution in [0.15, 0.2) is 47.7 Å². The van der Waals surface area contributed by atoms with Gasteiger partial charge in [-0.05, 0) is 19.1 Å². The molecule has 2 heterocycles. The highest BCUT2D eigenvalue weighted by atomic mass is 16.1. The summed E-state index contributed by atoms with van der Waals surface area (Å²) in [6.07, 6.45) is 3.33. The second kappa shape index (κ2) is 4.10. The molecule has 0 saturated carbocycles. The summed E-state index contributed by atoms with van der Waals surface area (Å²) < 4.78 is 3.23. The van der Waals surface area contributed by atoms with Gasteiger partial charge in [0.2, 0.25) is 0 Å². The molecule has 3 rings (SSSR count). The Morgan fingerprint density at radius 1 is 1.22 bits per heavy atom. The van der Waals surface area contributed by atoms with E-state index in [-0.39, 0.29) is 5.56 Å². The van der Waals surface area contributed by atoms with Crippen LogP contribution in [0.1, 0.15) is 6.92 Å². The number of benzene rings is 1. The van der Waals surface area contributed by atoms with Gasteiger partial charge in [-0.2, -0.15) is 5.10 Å². The highest BCUT2D eigenvalue weighted by Crippen LogP contribution is 2.07. The second-order valence-electron chi connectivity index (χ2n) is 3.97. The van der Waals surface area contributed by atoms with Gasteiger partial charge in [-0.25, -0.2) is 4.98 Å². The Morgan fingerprint density at radius 3 is 2.72 bits per heavy atom. The lowest BCUT2D eigenvalue weighted by Gasteiger charge is -2.03. The molecule has 5 heteroatoms. The standard InChI is InChI=1S/C13H12N4O/c1-2-16-8-11-12(15-16)13(18)17(9-14-11)10-6-4-3-5-7-10/h3-9H,2H2,1H3. The number of fused-ring (bicyclic) bond motifs is 1. The van der Waals surface area contributed by atoms with Gasteiger partial charge in [-0.3, -0.25) is 14.0 Å². The first-order valence-corrected chi connectivity index (χ1v) is 5.80. The summed E-state index contributed by atoms with van der Waals surface area (Å²) in [5.74, 6) is 0. The molecule has 0 saturated heterocycles. The van der Waals surface area contributed by atoms with Gasteiger partial charge in [0, 0.05) is 6.54 Å². The molecule has 0 spiro atoms. The number of rotatable bonds is 2. The monoisotopic (exact) mass is 240 g/mol. The number of para-hydroxylation sites is 1. The molecule has 90 valence electrons. The summed E-state index contributed by atoms with van der Waals surface area (Å²) in [5, 5.41) is 4.24. The molecule has 3 aromatic rings. The van der Waals surface area contributed by atoms with Crippen LogP contribution in [0.25, 0.3) is 16.7 Å². The van der Waals surface area contributed by atoms with E-state index in [1.165, 1.54) is 4.57 Å². The molecule has 0 aliphatic carbocycles. The Kier molecular flexibility index (Phi) is 2.44. The Hall–Kier alpha value is -2.43. The number of hydrogen-bond acceptors (Lipinski definition) is 3. The largest absolute Gasteiger partial charge is 0.286 e. The van der Waals surface area contributed by atoms with Gasteiger partial charge in [0.25, 0.3) is 5.56 Å². The lowest BCUT2D eigenvalue weighted by molar-refractivity contribution is 0.666. The van der Waals surface area contributed by atoms with E-state index < -0.39 is 0 Å². The highest BCUT2D eigenvalue weighted by Gasteiger charge is 2.09. The van der Waals surface area contributed by atoms with E-state index in [1.54, 1.807) is 17.2 Å². The third-order valence-electron chi connectivity index (χ3n) is 2.83. The molecule has 5 nitrogen and oxygen atoms in total. The first-order chi connectivity index (χ1) is 8.79. The molecule has 0 bridgehead atoms. The summed E-state index contributed by atoms with van der Waals surface area (Å²) in [5.41, 5.74) is 1.69. The molecule has 0 atom stereocenters. The number of nitrogens with zero attached hydrogens (tertiary/aromatic N) is 4. The van der Waals surface area contributed by atoms with Gasteiger partial charge in [-0.1, -0.05) is 18.2 Å². The molecule has 0 aliphatic rings. The van der Waals surface area contributed by atoms with Crippen LogP contribution >= 0.6 is 0 Å². The van der Waals surface area contributed by atoms with E-state index in [1.807, 2.05) is 37.3 Å². The maximum atomic E-state index is 12.3. The molecule has 0 unspecified atom stereocenters. The smallest absolute Gasteiger partial charge is 0.270 e. The molecule has 1 aromatic carbocycles. The lowest BCUT2D eigenvalue weighted by Crippen LogP contribution is -2.18. The van der Waals surface area contributed by atoms with Gasteiger partial charge in [0.15, 0.2) is 5.52 Å². The quantitative estimate of drug-likeness (QED) is 0.683. The Labute approximate surface area is 103 Å². The van der Waals surface area contributed by atoms with Crippen molar-refractivity contribution in [3.63, 3.8) is 0 Å². The first kappa shape index (κ1) is 10.7.